The number of nitrogens with one attached hydrogen (secondary N) is 1. The van der Waals surface area contributed by atoms with Crippen LogP contribution in [0.1, 0.15) is 26.2 Å². The second kappa shape index (κ2) is 4.30. The van der Waals surface area contributed by atoms with Crippen LogP contribution < -0.4 is 5.32 Å². The summed E-state index contributed by atoms with van der Waals surface area (Å²) in [4.78, 5) is 11.8. The Balaban J connectivity index is 1.91. The van der Waals surface area contributed by atoms with Gasteiger partial charge in [-0.15, -0.1) is 11.6 Å². The number of amides is 1. The number of halogens is 1. The highest BCUT2D eigenvalue weighted by molar-refractivity contribution is 6.18. The maximum atomic E-state index is 11.8. The van der Waals surface area contributed by atoms with Crippen molar-refractivity contribution in [2.24, 2.45) is 11.8 Å². The Morgan fingerprint density at radius 1 is 1.53 bits per heavy atom. The van der Waals surface area contributed by atoms with Gasteiger partial charge in [0.05, 0.1) is 5.54 Å². The van der Waals surface area contributed by atoms with E-state index in [2.05, 4.69) is 12.2 Å². The van der Waals surface area contributed by atoms with Crippen molar-refractivity contribution in [2.75, 3.05) is 19.1 Å². The van der Waals surface area contributed by atoms with Gasteiger partial charge in [0.25, 0.3) is 0 Å². The molecule has 1 aliphatic heterocycles. The summed E-state index contributed by atoms with van der Waals surface area (Å²) >= 11 is 5.97. The van der Waals surface area contributed by atoms with Crippen LogP contribution in [-0.4, -0.2) is 30.5 Å². The van der Waals surface area contributed by atoms with Crippen molar-refractivity contribution in [1.82, 2.24) is 5.32 Å². The topological polar surface area (TPSA) is 38.3 Å². The maximum absolute atomic E-state index is 11.8. The summed E-state index contributed by atoms with van der Waals surface area (Å²) in [5.41, 5.74) is -0.209. The van der Waals surface area contributed by atoms with E-state index in [1.165, 1.54) is 0 Å². The maximum Gasteiger partial charge on any atom is 0.223 e. The zero-order valence-corrected chi connectivity index (χ0v) is 9.85. The van der Waals surface area contributed by atoms with Crippen LogP contribution in [0.25, 0.3) is 0 Å². The van der Waals surface area contributed by atoms with Crippen molar-refractivity contribution in [3.63, 3.8) is 0 Å². The van der Waals surface area contributed by atoms with Gasteiger partial charge in [-0.25, -0.2) is 0 Å². The van der Waals surface area contributed by atoms with E-state index < -0.39 is 0 Å². The fourth-order valence-corrected chi connectivity index (χ4v) is 2.43. The van der Waals surface area contributed by atoms with Crippen LogP contribution in [0.3, 0.4) is 0 Å². The summed E-state index contributed by atoms with van der Waals surface area (Å²) in [6.45, 7) is 3.52. The molecule has 0 bridgehead atoms. The molecule has 1 heterocycles. The van der Waals surface area contributed by atoms with Crippen molar-refractivity contribution < 1.29 is 9.53 Å². The van der Waals surface area contributed by atoms with Crippen LogP contribution in [0.15, 0.2) is 0 Å². The van der Waals surface area contributed by atoms with E-state index in [9.17, 15) is 4.79 Å². The third-order valence-corrected chi connectivity index (χ3v) is 4.05. The Hall–Kier alpha value is -0.280. The third-order valence-electron chi connectivity index (χ3n) is 3.54. The Bertz CT molecular complexity index is 251. The molecular formula is C11H18ClNO2. The summed E-state index contributed by atoms with van der Waals surface area (Å²) in [6, 6.07) is 0. The number of carbonyl (C=O) groups is 1. The predicted molar refractivity (Wildman–Crippen MR) is 58.9 cm³/mol. The normalized spacial score (nSPS) is 33.5. The van der Waals surface area contributed by atoms with Crippen LogP contribution >= 0.6 is 11.6 Å². The molecule has 4 heteroatoms. The molecule has 2 atom stereocenters. The van der Waals surface area contributed by atoms with Gasteiger partial charge in [-0.2, -0.15) is 0 Å². The molecule has 1 amide bonds. The molecule has 1 saturated carbocycles. The highest BCUT2D eigenvalue weighted by atomic mass is 35.5. The number of ether oxygens (including phenoxy) is 1. The fourth-order valence-electron chi connectivity index (χ4n) is 2.10. The molecule has 1 aliphatic carbocycles. The molecule has 1 saturated heterocycles. The van der Waals surface area contributed by atoms with Crippen molar-refractivity contribution in [1.29, 1.82) is 0 Å². The average molecular weight is 232 g/mol. The van der Waals surface area contributed by atoms with E-state index >= 15 is 0 Å². The van der Waals surface area contributed by atoms with E-state index in [0.29, 0.717) is 25.0 Å². The minimum Gasteiger partial charge on any atom is -0.381 e. The number of carbonyl (C=O) groups excluding carboxylic acids is 1. The molecule has 0 aromatic carbocycles. The lowest BCUT2D eigenvalue weighted by atomic mass is 9.92. The minimum atomic E-state index is -0.209. The number of hydrogen-bond donors (Lipinski definition) is 1. The third kappa shape index (κ3) is 2.45. The molecule has 0 radical (unpaired) electrons. The van der Waals surface area contributed by atoms with E-state index in [-0.39, 0.29) is 17.4 Å². The zero-order valence-electron chi connectivity index (χ0n) is 9.09. The number of alkyl halides is 1. The minimum absolute atomic E-state index is 0.185. The van der Waals surface area contributed by atoms with Crippen LogP contribution in [0.5, 0.6) is 0 Å². The van der Waals surface area contributed by atoms with Gasteiger partial charge in [0.15, 0.2) is 0 Å². The second-order valence-corrected chi connectivity index (χ2v) is 5.10. The Morgan fingerprint density at radius 2 is 2.13 bits per heavy atom. The van der Waals surface area contributed by atoms with E-state index in [1.54, 1.807) is 0 Å². The Kier molecular flexibility index (Phi) is 3.21. The van der Waals surface area contributed by atoms with Gasteiger partial charge < -0.3 is 10.1 Å². The van der Waals surface area contributed by atoms with Gasteiger partial charge in [0.1, 0.15) is 0 Å². The monoisotopic (exact) mass is 231 g/mol. The van der Waals surface area contributed by atoms with Crippen molar-refractivity contribution in [3.05, 3.63) is 0 Å². The van der Waals surface area contributed by atoms with Crippen LogP contribution in [0.4, 0.5) is 0 Å². The van der Waals surface area contributed by atoms with Gasteiger partial charge in [0, 0.05) is 25.0 Å². The zero-order chi connectivity index (χ0) is 10.9. The molecule has 2 aliphatic rings. The lowest BCUT2D eigenvalue weighted by Crippen LogP contribution is -2.54. The second-order valence-electron chi connectivity index (χ2n) is 4.84. The van der Waals surface area contributed by atoms with Crippen LogP contribution in [-0.2, 0) is 9.53 Å². The average Bonchev–Trinajstić information content (AvgIpc) is 2.97. The van der Waals surface area contributed by atoms with E-state index in [1.807, 2.05) is 0 Å². The molecule has 0 aromatic rings. The van der Waals surface area contributed by atoms with E-state index in [4.69, 9.17) is 16.3 Å². The molecule has 15 heavy (non-hydrogen) atoms. The predicted octanol–water partition coefficient (Wildman–Crippen LogP) is 1.55. The molecule has 2 fully saturated rings. The van der Waals surface area contributed by atoms with Crippen LogP contribution in [0, 0.1) is 11.8 Å². The first-order valence-corrected chi connectivity index (χ1v) is 6.16. The first-order chi connectivity index (χ1) is 7.17. The summed E-state index contributed by atoms with van der Waals surface area (Å²) < 4.78 is 5.30. The van der Waals surface area contributed by atoms with Crippen molar-refractivity contribution in [2.45, 2.75) is 31.7 Å². The molecule has 3 nitrogen and oxygen atoms in total. The highest BCUT2D eigenvalue weighted by Gasteiger charge is 2.43. The largest absolute Gasteiger partial charge is 0.381 e. The van der Waals surface area contributed by atoms with Gasteiger partial charge in [-0.05, 0) is 25.2 Å². The van der Waals surface area contributed by atoms with Gasteiger partial charge in [0.2, 0.25) is 5.91 Å². The first kappa shape index (κ1) is 11.2. The van der Waals surface area contributed by atoms with Crippen LogP contribution in [0.2, 0.25) is 0 Å². The number of rotatable bonds is 3. The molecule has 1 N–H and O–H groups in total. The van der Waals surface area contributed by atoms with Gasteiger partial charge >= 0.3 is 0 Å². The first-order valence-electron chi connectivity index (χ1n) is 5.63. The molecule has 2 rings (SSSR count). The van der Waals surface area contributed by atoms with E-state index in [0.717, 1.165) is 19.3 Å². The smallest absolute Gasteiger partial charge is 0.223 e. The molecular weight excluding hydrogens is 214 g/mol. The summed E-state index contributed by atoms with van der Waals surface area (Å²) in [6.07, 6.45) is 2.70. The Labute approximate surface area is 95.5 Å². The Morgan fingerprint density at radius 3 is 2.60 bits per heavy atom. The summed E-state index contributed by atoms with van der Waals surface area (Å²) in [5.74, 6) is 1.46. The van der Waals surface area contributed by atoms with Gasteiger partial charge in [-0.1, -0.05) is 6.92 Å². The molecule has 2 unspecified atom stereocenters. The summed E-state index contributed by atoms with van der Waals surface area (Å²) in [5, 5.41) is 3.12. The molecule has 0 aromatic heterocycles. The van der Waals surface area contributed by atoms with Gasteiger partial charge in [-0.3, -0.25) is 4.79 Å². The SMILES string of the molecule is CC1CC1C(=O)NC1(CCl)CCOCC1. The quantitative estimate of drug-likeness (QED) is 0.749. The lowest BCUT2D eigenvalue weighted by Gasteiger charge is -2.36. The summed E-state index contributed by atoms with van der Waals surface area (Å²) in [7, 11) is 0. The lowest BCUT2D eigenvalue weighted by molar-refractivity contribution is -0.125. The standard InChI is InChI=1S/C11H18ClNO2/c1-8-6-9(8)10(14)13-11(7-12)2-4-15-5-3-11/h8-9H,2-7H2,1H3,(H,13,14). The van der Waals surface area contributed by atoms with Crippen molar-refractivity contribution >= 4 is 17.5 Å². The number of hydrogen-bond acceptors (Lipinski definition) is 2. The van der Waals surface area contributed by atoms with Crippen molar-refractivity contribution in [3.8, 4) is 0 Å². The molecule has 0 spiro atoms. The molecule has 86 valence electrons. The fraction of sp³-hybridized carbons (Fsp3) is 0.909. The highest BCUT2D eigenvalue weighted by Crippen LogP contribution is 2.38.